The van der Waals surface area contributed by atoms with Crippen LogP contribution in [0.25, 0.3) is 0 Å². The number of carboxylic acids is 1. The summed E-state index contributed by atoms with van der Waals surface area (Å²) in [6.45, 7) is 0. The number of carbonyl (C=O) groups is 1. The van der Waals surface area contributed by atoms with E-state index in [1.165, 1.54) is 12.8 Å². The second kappa shape index (κ2) is 4.87. The van der Waals surface area contributed by atoms with Crippen molar-refractivity contribution in [2.45, 2.75) is 31.7 Å². The number of anilines is 1. The van der Waals surface area contributed by atoms with Crippen LogP contribution in [-0.4, -0.2) is 17.1 Å². The molecule has 0 radical (unpaired) electrons. The summed E-state index contributed by atoms with van der Waals surface area (Å²) >= 11 is 3.29. The highest BCUT2D eigenvalue weighted by Gasteiger charge is 2.17. The van der Waals surface area contributed by atoms with Gasteiger partial charge >= 0.3 is 5.97 Å². The molecule has 2 N–H and O–H groups in total. The van der Waals surface area contributed by atoms with Crippen molar-refractivity contribution in [3.8, 4) is 0 Å². The summed E-state index contributed by atoms with van der Waals surface area (Å²) in [5.74, 6) is -0.887. The van der Waals surface area contributed by atoms with Crippen molar-refractivity contribution < 1.29 is 9.90 Å². The minimum Gasteiger partial charge on any atom is -0.478 e. The van der Waals surface area contributed by atoms with E-state index in [1.807, 2.05) is 12.1 Å². The Morgan fingerprint density at radius 2 is 2.06 bits per heavy atom. The lowest BCUT2D eigenvalue weighted by Crippen LogP contribution is -2.16. The van der Waals surface area contributed by atoms with Crippen molar-refractivity contribution in [3.63, 3.8) is 0 Å². The molecule has 0 heterocycles. The standard InChI is InChI=1S/C12H14BrNO2/c13-8-5-6-11(10(7-8)12(15)16)14-9-3-1-2-4-9/h5-7,9,14H,1-4H2,(H,15,16). The Morgan fingerprint density at radius 3 is 2.69 bits per heavy atom. The Balaban J connectivity index is 2.21. The monoisotopic (exact) mass is 283 g/mol. The molecule has 1 aliphatic carbocycles. The molecule has 0 aromatic heterocycles. The van der Waals surface area contributed by atoms with Gasteiger partial charge in [-0.2, -0.15) is 0 Å². The molecule has 1 aromatic carbocycles. The van der Waals surface area contributed by atoms with Gasteiger partial charge < -0.3 is 10.4 Å². The fourth-order valence-corrected chi connectivity index (χ4v) is 2.47. The Kier molecular flexibility index (Phi) is 3.49. The Morgan fingerprint density at radius 1 is 1.38 bits per heavy atom. The molecule has 0 atom stereocenters. The first kappa shape index (κ1) is 11.5. The van der Waals surface area contributed by atoms with Crippen LogP contribution in [0.4, 0.5) is 5.69 Å². The second-order valence-electron chi connectivity index (χ2n) is 4.12. The smallest absolute Gasteiger partial charge is 0.337 e. The fraction of sp³-hybridized carbons (Fsp3) is 0.417. The predicted octanol–water partition coefficient (Wildman–Crippen LogP) is 3.50. The summed E-state index contributed by atoms with van der Waals surface area (Å²) in [5.41, 5.74) is 1.06. The van der Waals surface area contributed by atoms with Gasteiger partial charge in [-0.05, 0) is 31.0 Å². The van der Waals surface area contributed by atoms with Gasteiger partial charge in [0.1, 0.15) is 0 Å². The normalized spacial score (nSPS) is 16.3. The van der Waals surface area contributed by atoms with Crippen LogP contribution in [0.5, 0.6) is 0 Å². The average Bonchev–Trinajstić information content (AvgIpc) is 2.73. The van der Waals surface area contributed by atoms with E-state index in [2.05, 4.69) is 21.2 Å². The number of hydrogen-bond acceptors (Lipinski definition) is 2. The molecule has 0 bridgehead atoms. The zero-order valence-electron chi connectivity index (χ0n) is 8.87. The maximum atomic E-state index is 11.1. The van der Waals surface area contributed by atoms with Crippen molar-refractivity contribution in [1.29, 1.82) is 0 Å². The third-order valence-electron chi connectivity index (χ3n) is 2.93. The van der Waals surface area contributed by atoms with E-state index < -0.39 is 5.97 Å². The maximum Gasteiger partial charge on any atom is 0.337 e. The molecule has 0 aliphatic heterocycles. The lowest BCUT2D eigenvalue weighted by atomic mass is 10.1. The molecule has 86 valence electrons. The quantitative estimate of drug-likeness (QED) is 0.893. The molecule has 0 amide bonds. The van der Waals surface area contributed by atoms with Crippen LogP contribution in [0, 0.1) is 0 Å². The minimum atomic E-state index is -0.887. The summed E-state index contributed by atoms with van der Waals surface area (Å²) in [6.07, 6.45) is 4.73. The van der Waals surface area contributed by atoms with E-state index in [0.717, 1.165) is 23.0 Å². The maximum absolute atomic E-state index is 11.1. The SMILES string of the molecule is O=C(O)c1cc(Br)ccc1NC1CCCC1. The van der Waals surface area contributed by atoms with E-state index in [1.54, 1.807) is 6.07 Å². The molecule has 1 aromatic rings. The molecule has 2 rings (SSSR count). The fourth-order valence-electron chi connectivity index (χ4n) is 2.11. The average molecular weight is 284 g/mol. The van der Waals surface area contributed by atoms with Crippen LogP contribution >= 0.6 is 15.9 Å². The number of nitrogens with one attached hydrogen (secondary N) is 1. The Hall–Kier alpha value is -1.03. The summed E-state index contributed by atoms with van der Waals surface area (Å²) in [4.78, 5) is 11.1. The van der Waals surface area contributed by atoms with E-state index >= 15 is 0 Å². The topological polar surface area (TPSA) is 49.3 Å². The zero-order chi connectivity index (χ0) is 11.5. The lowest BCUT2D eigenvalue weighted by Gasteiger charge is -2.15. The molecule has 1 saturated carbocycles. The molecule has 0 saturated heterocycles. The number of hydrogen-bond donors (Lipinski definition) is 2. The van der Waals surface area contributed by atoms with Gasteiger partial charge in [0.25, 0.3) is 0 Å². The minimum absolute atomic E-state index is 0.335. The summed E-state index contributed by atoms with van der Waals surface area (Å²) < 4.78 is 0.793. The highest BCUT2D eigenvalue weighted by molar-refractivity contribution is 9.10. The van der Waals surface area contributed by atoms with Crippen molar-refractivity contribution >= 4 is 27.6 Å². The van der Waals surface area contributed by atoms with Crippen LogP contribution in [0.1, 0.15) is 36.0 Å². The third-order valence-corrected chi connectivity index (χ3v) is 3.42. The van der Waals surface area contributed by atoms with Crippen LogP contribution in [-0.2, 0) is 0 Å². The van der Waals surface area contributed by atoms with E-state index in [9.17, 15) is 4.79 Å². The van der Waals surface area contributed by atoms with Gasteiger partial charge in [-0.25, -0.2) is 4.79 Å². The molecule has 4 heteroatoms. The highest BCUT2D eigenvalue weighted by Crippen LogP contribution is 2.26. The number of rotatable bonds is 3. The Labute approximate surface area is 103 Å². The molecule has 16 heavy (non-hydrogen) atoms. The van der Waals surface area contributed by atoms with Crippen molar-refractivity contribution in [2.75, 3.05) is 5.32 Å². The van der Waals surface area contributed by atoms with Gasteiger partial charge in [0, 0.05) is 16.2 Å². The van der Waals surface area contributed by atoms with E-state index in [4.69, 9.17) is 5.11 Å². The summed E-state index contributed by atoms with van der Waals surface area (Å²) in [7, 11) is 0. The van der Waals surface area contributed by atoms with Gasteiger partial charge in [0.05, 0.1) is 5.56 Å². The molecular formula is C12H14BrNO2. The van der Waals surface area contributed by atoms with Crippen LogP contribution in [0.3, 0.4) is 0 Å². The number of halogens is 1. The molecule has 0 spiro atoms. The number of aromatic carboxylic acids is 1. The van der Waals surface area contributed by atoms with Gasteiger partial charge in [-0.3, -0.25) is 0 Å². The van der Waals surface area contributed by atoms with Crippen molar-refractivity contribution in [1.82, 2.24) is 0 Å². The summed E-state index contributed by atoms with van der Waals surface area (Å²) in [5, 5.41) is 12.4. The van der Waals surface area contributed by atoms with Gasteiger partial charge in [0.15, 0.2) is 0 Å². The second-order valence-corrected chi connectivity index (χ2v) is 5.04. The molecule has 1 aliphatic rings. The van der Waals surface area contributed by atoms with Crippen LogP contribution < -0.4 is 5.32 Å². The molecule has 3 nitrogen and oxygen atoms in total. The Bertz CT molecular complexity index is 400. The van der Waals surface area contributed by atoms with Gasteiger partial charge in [-0.1, -0.05) is 28.8 Å². The first-order valence-corrected chi connectivity index (χ1v) is 6.25. The first-order chi connectivity index (χ1) is 7.66. The van der Waals surface area contributed by atoms with E-state index in [0.29, 0.717) is 11.6 Å². The number of benzene rings is 1. The third kappa shape index (κ3) is 2.55. The van der Waals surface area contributed by atoms with Crippen LogP contribution in [0.15, 0.2) is 22.7 Å². The van der Waals surface area contributed by atoms with Crippen molar-refractivity contribution in [3.05, 3.63) is 28.2 Å². The predicted molar refractivity (Wildman–Crippen MR) is 67.0 cm³/mol. The molecular weight excluding hydrogens is 270 g/mol. The number of carboxylic acid groups (broad SMARTS) is 1. The van der Waals surface area contributed by atoms with Gasteiger partial charge in [-0.15, -0.1) is 0 Å². The zero-order valence-corrected chi connectivity index (χ0v) is 10.5. The largest absolute Gasteiger partial charge is 0.478 e. The van der Waals surface area contributed by atoms with E-state index in [-0.39, 0.29) is 0 Å². The highest BCUT2D eigenvalue weighted by atomic mass is 79.9. The van der Waals surface area contributed by atoms with Crippen molar-refractivity contribution in [2.24, 2.45) is 0 Å². The lowest BCUT2D eigenvalue weighted by molar-refractivity contribution is 0.0698. The first-order valence-electron chi connectivity index (χ1n) is 5.46. The molecule has 1 fully saturated rings. The molecule has 0 unspecified atom stereocenters. The van der Waals surface area contributed by atoms with Gasteiger partial charge in [0.2, 0.25) is 0 Å². The summed E-state index contributed by atoms with van der Waals surface area (Å²) in [6, 6.07) is 5.76. The van der Waals surface area contributed by atoms with Crippen LogP contribution in [0.2, 0.25) is 0 Å².